The molecule has 1 aromatic heterocycles. The highest BCUT2D eigenvalue weighted by atomic mass is 32.2. The molecule has 0 aliphatic rings. The van der Waals surface area contributed by atoms with Crippen LogP contribution in [0, 0.1) is 5.82 Å². The predicted octanol–water partition coefficient (Wildman–Crippen LogP) is 3.01. The van der Waals surface area contributed by atoms with E-state index < -0.39 is 33.7 Å². The van der Waals surface area contributed by atoms with Crippen LogP contribution in [0.2, 0.25) is 0 Å². The molecule has 0 saturated heterocycles. The number of nitrogens with zero attached hydrogens (tertiary/aromatic N) is 3. The van der Waals surface area contributed by atoms with E-state index in [4.69, 9.17) is 5.11 Å². The number of aliphatic hydroxyl groups is 2. The van der Waals surface area contributed by atoms with Crippen molar-refractivity contribution < 1.29 is 32.9 Å². The van der Waals surface area contributed by atoms with Gasteiger partial charge in [0.2, 0.25) is 16.0 Å². The van der Waals surface area contributed by atoms with E-state index in [1.165, 1.54) is 31.3 Å². The number of hydrogen-bond donors (Lipinski definition) is 3. The molecule has 180 valence electrons. The van der Waals surface area contributed by atoms with Gasteiger partial charge in [0.15, 0.2) is 0 Å². The van der Waals surface area contributed by atoms with Gasteiger partial charge in [0.25, 0.3) is 0 Å². The van der Waals surface area contributed by atoms with Crippen molar-refractivity contribution in [2.24, 2.45) is 0 Å². The topological polar surface area (TPSA) is 141 Å². The van der Waals surface area contributed by atoms with Gasteiger partial charge in [-0.05, 0) is 43.0 Å². The average Bonchev–Trinajstić information content (AvgIpc) is 2.70. The van der Waals surface area contributed by atoms with Gasteiger partial charge in [-0.1, -0.05) is 13.8 Å². The van der Waals surface area contributed by atoms with Crippen LogP contribution in [-0.4, -0.2) is 59.1 Å². The van der Waals surface area contributed by atoms with E-state index in [2.05, 4.69) is 9.97 Å². The summed E-state index contributed by atoms with van der Waals surface area (Å²) in [5, 5.41) is 28.7. The average molecular weight is 482 g/mol. The molecule has 1 atom stereocenters. The number of carboxylic acids is 1. The Bertz CT molecular complexity index is 1130. The predicted molar refractivity (Wildman–Crippen MR) is 122 cm³/mol. The lowest BCUT2D eigenvalue weighted by Crippen LogP contribution is -2.28. The summed E-state index contributed by atoms with van der Waals surface area (Å²) in [4.78, 5) is 19.6. The van der Waals surface area contributed by atoms with E-state index in [0.29, 0.717) is 28.6 Å². The van der Waals surface area contributed by atoms with Gasteiger partial charge >= 0.3 is 5.97 Å². The zero-order valence-electron chi connectivity index (χ0n) is 18.9. The number of hydrogen-bond acceptors (Lipinski definition) is 7. The molecule has 11 heteroatoms. The molecule has 3 N–H and O–H groups in total. The SMILES string of the molecule is CC(C)c1nc(N(C)S(C)(=O)=O)nc(-c2ccc(F)cc2)c1CC[C@H](O)CC(O)=CC(=O)O. The highest BCUT2D eigenvalue weighted by Gasteiger charge is 2.23. The number of aliphatic carboxylic acids is 1. The molecule has 2 aromatic rings. The maximum atomic E-state index is 13.5. The zero-order chi connectivity index (χ0) is 24.9. The third kappa shape index (κ3) is 7.22. The summed E-state index contributed by atoms with van der Waals surface area (Å²) in [6, 6.07) is 5.57. The summed E-state index contributed by atoms with van der Waals surface area (Å²) in [5.74, 6) is -2.39. The van der Waals surface area contributed by atoms with Crippen molar-refractivity contribution >= 4 is 21.9 Å². The Morgan fingerprint density at radius 2 is 1.79 bits per heavy atom. The molecular weight excluding hydrogens is 453 g/mol. The van der Waals surface area contributed by atoms with E-state index >= 15 is 0 Å². The normalized spacial score (nSPS) is 13.2. The maximum Gasteiger partial charge on any atom is 0.331 e. The first-order valence-corrected chi connectivity index (χ1v) is 12.1. The second-order valence-corrected chi connectivity index (χ2v) is 10.0. The summed E-state index contributed by atoms with van der Waals surface area (Å²) in [5.41, 5.74) is 2.15. The third-order valence-corrected chi connectivity index (χ3v) is 6.09. The quantitative estimate of drug-likeness (QED) is 0.347. The van der Waals surface area contributed by atoms with Crippen LogP contribution < -0.4 is 4.31 Å². The van der Waals surface area contributed by atoms with E-state index in [9.17, 15) is 27.8 Å². The number of carboxylic acid groups (broad SMARTS) is 1. The first-order chi connectivity index (χ1) is 15.3. The molecule has 2 rings (SSSR count). The molecule has 0 saturated carbocycles. The fraction of sp³-hybridized carbons (Fsp3) is 0.409. The van der Waals surface area contributed by atoms with Gasteiger partial charge in [0.1, 0.15) is 11.6 Å². The zero-order valence-corrected chi connectivity index (χ0v) is 19.7. The van der Waals surface area contributed by atoms with Crippen LogP contribution in [0.25, 0.3) is 11.3 Å². The third-order valence-electron chi connectivity index (χ3n) is 4.93. The maximum absolute atomic E-state index is 13.5. The Kier molecular flexibility index (Phi) is 8.51. The first-order valence-electron chi connectivity index (χ1n) is 10.2. The number of aliphatic hydroxyl groups excluding tert-OH is 2. The van der Waals surface area contributed by atoms with Gasteiger partial charge in [-0.25, -0.2) is 31.9 Å². The molecule has 0 amide bonds. The lowest BCUT2D eigenvalue weighted by atomic mass is 9.93. The number of benzene rings is 1. The van der Waals surface area contributed by atoms with E-state index in [1.54, 1.807) is 0 Å². The molecule has 0 radical (unpaired) electrons. The van der Waals surface area contributed by atoms with Crippen molar-refractivity contribution in [3.63, 3.8) is 0 Å². The van der Waals surface area contributed by atoms with Crippen molar-refractivity contribution in [2.75, 3.05) is 17.6 Å². The van der Waals surface area contributed by atoms with E-state index in [1.807, 2.05) is 13.8 Å². The van der Waals surface area contributed by atoms with Gasteiger partial charge in [-0.15, -0.1) is 0 Å². The Labute approximate surface area is 192 Å². The van der Waals surface area contributed by atoms with Crippen molar-refractivity contribution in [3.05, 3.63) is 53.2 Å². The van der Waals surface area contributed by atoms with Gasteiger partial charge in [-0.3, -0.25) is 0 Å². The molecule has 0 spiro atoms. The van der Waals surface area contributed by atoms with Crippen LogP contribution in [0.3, 0.4) is 0 Å². The molecule has 9 nitrogen and oxygen atoms in total. The highest BCUT2D eigenvalue weighted by molar-refractivity contribution is 7.92. The van der Waals surface area contributed by atoms with Crippen LogP contribution in [-0.2, 0) is 21.2 Å². The number of aromatic nitrogens is 2. The lowest BCUT2D eigenvalue weighted by molar-refractivity contribution is -0.131. The summed E-state index contributed by atoms with van der Waals surface area (Å²) < 4.78 is 38.6. The van der Waals surface area contributed by atoms with Gasteiger partial charge < -0.3 is 15.3 Å². The number of rotatable bonds is 10. The van der Waals surface area contributed by atoms with Crippen molar-refractivity contribution in [1.82, 2.24) is 9.97 Å². The Morgan fingerprint density at radius 3 is 2.30 bits per heavy atom. The van der Waals surface area contributed by atoms with E-state index in [0.717, 1.165) is 10.6 Å². The van der Waals surface area contributed by atoms with Crippen molar-refractivity contribution in [3.8, 4) is 11.3 Å². The minimum Gasteiger partial charge on any atom is -0.512 e. The number of halogens is 1. The fourth-order valence-electron chi connectivity index (χ4n) is 3.20. The highest BCUT2D eigenvalue weighted by Crippen LogP contribution is 2.32. The van der Waals surface area contributed by atoms with Gasteiger partial charge in [0.05, 0.1) is 29.8 Å². The van der Waals surface area contributed by atoms with Crippen LogP contribution in [0.5, 0.6) is 0 Å². The molecule has 0 fully saturated rings. The number of anilines is 1. The minimum atomic E-state index is -3.64. The standard InChI is InChI=1S/C22H28FN3O6S/c1-13(2)20-18(10-9-16(27)11-17(28)12-19(29)30)21(14-5-7-15(23)8-6-14)25-22(24-20)26(3)33(4,31)32/h5-8,12-13,16,27-28H,9-11H2,1-4H3,(H,29,30)/t16-/m0/s1. The smallest absolute Gasteiger partial charge is 0.331 e. The van der Waals surface area contributed by atoms with Crippen LogP contribution in [0.1, 0.15) is 43.9 Å². The molecule has 0 bridgehead atoms. The second-order valence-electron chi connectivity index (χ2n) is 8.00. The Balaban J connectivity index is 2.54. The molecule has 0 unspecified atom stereocenters. The minimum absolute atomic E-state index is 0.0353. The molecule has 0 aliphatic heterocycles. The summed E-state index contributed by atoms with van der Waals surface area (Å²) in [6.07, 6.45) is 0.766. The number of carbonyl (C=O) groups is 1. The Hall–Kier alpha value is -3.05. The summed E-state index contributed by atoms with van der Waals surface area (Å²) >= 11 is 0. The fourth-order valence-corrected chi connectivity index (χ4v) is 3.58. The van der Waals surface area contributed by atoms with Crippen LogP contribution in [0.4, 0.5) is 10.3 Å². The van der Waals surface area contributed by atoms with Gasteiger partial charge in [-0.2, -0.15) is 0 Å². The monoisotopic (exact) mass is 481 g/mol. The Morgan fingerprint density at radius 1 is 1.18 bits per heavy atom. The first kappa shape index (κ1) is 26.2. The molecule has 0 aliphatic carbocycles. The summed E-state index contributed by atoms with van der Waals surface area (Å²) in [7, 11) is -2.30. The van der Waals surface area contributed by atoms with Crippen molar-refractivity contribution in [2.45, 2.75) is 45.1 Å². The van der Waals surface area contributed by atoms with E-state index in [-0.39, 0.29) is 31.1 Å². The largest absolute Gasteiger partial charge is 0.512 e. The molecule has 1 aromatic carbocycles. The molecule has 33 heavy (non-hydrogen) atoms. The molecule has 1 heterocycles. The van der Waals surface area contributed by atoms with Crippen molar-refractivity contribution in [1.29, 1.82) is 0 Å². The second kappa shape index (κ2) is 10.7. The van der Waals surface area contributed by atoms with Gasteiger partial charge in [0, 0.05) is 24.6 Å². The number of sulfonamides is 1. The lowest BCUT2D eigenvalue weighted by Gasteiger charge is -2.22. The summed E-state index contributed by atoms with van der Waals surface area (Å²) in [6.45, 7) is 3.75. The van der Waals surface area contributed by atoms with Crippen LogP contribution >= 0.6 is 0 Å². The van der Waals surface area contributed by atoms with Crippen LogP contribution in [0.15, 0.2) is 36.1 Å². The molecular formula is C22H28FN3O6S.